The molecule has 130 valence electrons. The van der Waals surface area contributed by atoms with Crippen molar-refractivity contribution in [1.82, 2.24) is 20.1 Å². The molecule has 1 N–H and O–H groups in total. The lowest BCUT2D eigenvalue weighted by Gasteiger charge is -2.18. The summed E-state index contributed by atoms with van der Waals surface area (Å²) in [5.74, 6) is 0.517. The van der Waals surface area contributed by atoms with Crippen molar-refractivity contribution < 1.29 is 9.13 Å². The first-order valence-corrected chi connectivity index (χ1v) is 8.10. The van der Waals surface area contributed by atoms with E-state index in [0.717, 1.165) is 16.9 Å². The van der Waals surface area contributed by atoms with Crippen molar-refractivity contribution in [2.45, 2.75) is 26.4 Å². The lowest BCUT2D eigenvalue weighted by molar-refractivity contribution is 0.401. The van der Waals surface area contributed by atoms with Gasteiger partial charge in [-0.2, -0.15) is 5.10 Å². The SMILES string of the molecule is COc1ccc(C)cc1[C@@H](C)NCc1ccc(-n2cncn2)c(F)c1. The van der Waals surface area contributed by atoms with Crippen LogP contribution in [0.15, 0.2) is 49.1 Å². The van der Waals surface area contributed by atoms with Gasteiger partial charge in [0.1, 0.15) is 29.9 Å². The van der Waals surface area contributed by atoms with Crippen molar-refractivity contribution in [3.8, 4) is 11.4 Å². The number of hydrogen-bond acceptors (Lipinski definition) is 4. The highest BCUT2D eigenvalue weighted by Crippen LogP contribution is 2.26. The zero-order valence-electron chi connectivity index (χ0n) is 14.5. The molecule has 0 amide bonds. The summed E-state index contributed by atoms with van der Waals surface area (Å²) in [4.78, 5) is 3.84. The molecule has 0 bridgehead atoms. The molecule has 0 aliphatic heterocycles. The zero-order valence-corrected chi connectivity index (χ0v) is 14.5. The maximum Gasteiger partial charge on any atom is 0.149 e. The van der Waals surface area contributed by atoms with Gasteiger partial charge in [-0.15, -0.1) is 0 Å². The second-order valence-corrected chi connectivity index (χ2v) is 5.97. The van der Waals surface area contributed by atoms with E-state index in [-0.39, 0.29) is 11.9 Å². The van der Waals surface area contributed by atoms with Crippen LogP contribution in [0.5, 0.6) is 5.75 Å². The Kier molecular flexibility index (Phi) is 5.09. The first-order valence-electron chi connectivity index (χ1n) is 8.10. The van der Waals surface area contributed by atoms with Gasteiger partial charge in [-0.25, -0.2) is 14.1 Å². The minimum absolute atomic E-state index is 0.0768. The number of nitrogens with zero attached hydrogens (tertiary/aromatic N) is 3. The zero-order chi connectivity index (χ0) is 17.8. The Morgan fingerprint density at radius 3 is 2.76 bits per heavy atom. The topological polar surface area (TPSA) is 52.0 Å². The lowest BCUT2D eigenvalue weighted by atomic mass is 10.0. The van der Waals surface area contributed by atoms with Crippen LogP contribution >= 0.6 is 0 Å². The largest absolute Gasteiger partial charge is 0.496 e. The molecule has 0 saturated carbocycles. The highest BCUT2D eigenvalue weighted by Gasteiger charge is 2.12. The molecule has 0 fully saturated rings. The molecule has 25 heavy (non-hydrogen) atoms. The Bertz CT molecular complexity index is 849. The van der Waals surface area contributed by atoms with Crippen molar-refractivity contribution in [3.63, 3.8) is 0 Å². The highest BCUT2D eigenvalue weighted by atomic mass is 19.1. The van der Waals surface area contributed by atoms with Crippen molar-refractivity contribution in [2.75, 3.05) is 7.11 Å². The van der Waals surface area contributed by atoms with Crippen LogP contribution in [0.25, 0.3) is 5.69 Å². The summed E-state index contributed by atoms with van der Waals surface area (Å²) in [5, 5.41) is 7.37. The molecule has 0 saturated heterocycles. The van der Waals surface area contributed by atoms with Crippen LogP contribution in [0.2, 0.25) is 0 Å². The molecule has 3 aromatic rings. The smallest absolute Gasteiger partial charge is 0.149 e. The summed E-state index contributed by atoms with van der Waals surface area (Å²) < 4.78 is 21.1. The normalized spacial score (nSPS) is 12.2. The number of hydrogen-bond donors (Lipinski definition) is 1. The van der Waals surface area contributed by atoms with Gasteiger partial charge in [0.25, 0.3) is 0 Å². The van der Waals surface area contributed by atoms with Gasteiger partial charge in [0.2, 0.25) is 0 Å². The molecule has 0 aliphatic carbocycles. The van der Waals surface area contributed by atoms with E-state index < -0.39 is 0 Å². The average molecular weight is 340 g/mol. The van der Waals surface area contributed by atoms with E-state index in [9.17, 15) is 4.39 Å². The second kappa shape index (κ2) is 7.44. The highest BCUT2D eigenvalue weighted by molar-refractivity contribution is 5.39. The number of ether oxygens (including phenoxy) is 1. The molecule has 1 heterocycles. The van der Waals surface area contributed by atoms with Crippen LogP contribution in [0.3, 0.4) is 0 Å². The standard InChI is InChI=1S/C19H21FN4O/c1-13-4-7-19(25-3)16(8-13)14(2)22-10-15-5-6-18(17(20)9-15)24-12-21-11-23-24/h4-9,11-12,14,22H,10H2,1-3H3/t14-/m1/s1. The Morgan fingerprint density at radius 2 is 2.08 bits per heavy atom. The predicted molar refractivity (Wildman–Crippen MR) is 94.3 cm³/mol. The number of rotatable bonds is 6. The van der Waals surface area contributed by atoms with Gasteiger partial charge in [-0.3, -0.25) is 0 Å². The third kappa shape index (κ3) is 3.85. The molecular weight excluding hydrogens is 319 g/mol. The third-order valence-electron chi connectivity index (χ3n) is 4.14. The summed E-state index contributed by atoms with van der Waals surface area (Å²) >= 11 is 0. The van der Waals surface area contributed by atoms with E-state index in [1.807, 2.05) is 25.1 Å². The Labute approximate surface area is 146 Å². The molecule has 0 aliphatic rings. The minimum atomic E-state index is -0.328. The van der Waals surface area contributed by atoms with Crippen molar-refractivity contribution >= 4 is 0 Å². The minimum Gasteiger partial charge on any atom is -0.496 e. The number of halogens is 1. The van der Waals surface area contributed by atoms with E-state index in [1.165, 1.54) is 29.0 Å². The van der Waals surface area contributed by atoms with Crippen LogP contribution in [0.1, 0.15) is 29.7 Å². The molecule has 2 aromatic carbocycles. The van der Waals surface area contributed by atoms with Crippen molar-refractivity contribution in [2.24, 2.45) is 0 Å². The first-order chi connectivity index (χ1) is 12.1. The van der Waals surface area contributed by atoms with Gasteiger partial charge in [-0.1, -0.05) is 23.8 Å². The van der Waals surface area contributed by atoms with E-state index >= 15 is 0 Å². The van der Waals surface area contributed by atoms with Crippen LogP contribution < -0.4 is 10.1 Å². The van der Waals surface area contributed by atoms with Gasteiger partial charge >= 0.3 is 0 Å². The number of aromatic nitrogens is 3. The fourth-order valence-corrected chi connectivity index (χ4v) is 2.75. The van der Waals surface area contributed by atoms with Gasteiger partial charge in [-0.05, 0) is 37.6 Å². The summed E-state index contributed by atoms with van der Waals surface area (Å²) in [6.45, 7) is 4.66. The summed E-state index contributed by atoms with van der Waals surface area (Å²) in [6, 6.07) is 11.3. The van der Waals surface area contributed by atoms with Crippen LogP contribution in [-0.2, 0) is 6.54 Å². The summed E-state index contributed by atoms with van der Waals surface area (Å²) in [5.41, 5.74) is 3.50. The number of methoxy groups -OCH3 is 1. The Morgan fingerprint density at radius 1 is 1.24 bits per heavy atom. The molecule has 6 heteroatoms. The van der Waals surface area contributed by atoms with E-state index in [4.69, 9.17) is 4.74 Å². The fourth-order valence-electron chi connectivity index (χ4n) is 2.75. The molecule has 3 rings (SSSR count). The lowest BCUT2D eigenvalue weighted by Crippen LogP contribution is -2.19. The van der Waals surface area contributed by atoms with Gasteiger partial charge in [0.15, 0.2) is 0 Å². The van der Waals surface area contributed by atoms with Gasteiger partial charge in [0, 0.05) is 18.2 Å². The quantitative estimate of drug-likeness (QED) is 0.745. The number of benzene rings is 2. The monoisotopic (exact) mass is 340 g/mol. The Hall–Kier alpha value is -2.73. The summed E-state index contributed by atoms with van der Waals surface area (Å²) in [7, 11) is 1.67. The molecular formula is C19H21FN4O. The molecule has 0 radical (unpaired) electrons. The van der Waals surface area contributed by atoms with Crippen LogP contribution in [0.4, 0.5) is 4.39 Å². The second-order valence-electron chi connectivity index (χ2n) is 5.97. The molecule has 1 atom stereocenters. The number of nitrogens with one attached hydrogen (secondary N) is 1. The summed E-state index contributed by atoms with van der Waals surface area (Å²) in [6.07, 6.45) is 2.86. The molecule has 5 nitrogen and oxygen atoms in total. The fraction of sp³-hybridized carbons (Fsp3) is 0.263. The molecule has 0 unspecified atom stereocenters. The molecule has 0 spiro atoms. The third-order valence-corrected chi connectivity index (χ3v) is 4.14. The van der Waals surface area contributed by atoms with Gasteiger partial charge in [0.05, 0.1) is 7.11 Å². The molecule has 1 aromatic heterocycles. The van der Waals surface area contributed by atoms with Gasteiger partial charge < -0.3 is 10.1 Å². The van der Waals surface area contributed by atoms with Crippen molar-refractivity contribution in [3.05, 3.63) is 71.6 Å². The maximum absolute atomic E-state index is 14.3. The van der Waals surface area contributed by atoms with Crippen LogP contribution in [0, 0.1) is 12.7 Å². The van der Waals surface area contributed by atoms with Crippen LogP contribution in [-0.4, -0.2) is 21.9 Å². The Balaban J connectivity index is 1.71. The number of aryl methyl sites for hydroxylation is 1. The van der Waals surface area contributed by atoms with Crippen molar-refractivity contribution in [1.29, 1.82) is 0 Å². The predicted octanol–water partition coefficient (Wildman–Crippen LogP) is 3.57. The average Bonchev–Trinajstić information content (AvgIpc) is 3.14. The van der Waals surface area contributed by atoms with E-state index in [0.29, 0.717) is 12.2 Å². The first kappa shape index (κ1) is 17.1. The van der Waals surface area contributed by atoms with E-state index in [2.05, 4.69) is 28.4 Å². The van der Waals surface area contributed by atoms with E-state index in [1.54, 1.807) is 13.2 Å². The maximum atomic E-state index is 14.3.